The van der Waals surface area contributed by atoms with Crippen LogP contribution in [0.2, 0.25) is 0 Å². The van der Waals surface area contributed by atoms with Crippen LogP contribution in [-0.4, -0.2) is 46.9 Å². The molecule has 1 aliphatic carbocycles. The van der Waals surface area contributed by atoms with Gasteiger partial charge in [-0.2, -0.15) is 5.10 Å². The van der Waals surface area contributed by atoms with Crippen LogP contribution in [0.1, 0.15) is 49.8 Å². The Labute approximate surface area is 169 Å². The molecule has 3 rings (SSSR count). The number of nitrogens with zero attached hydrogens (tertiary/aromatic N) is 2. The first kappa shape index (κ1) is 20.6. The summed E-state index contributed by atoms with van der Waals surface area (Å²) in [6, 6.07) is 5.36. The fourth-order valence-electron chi connectivity index (χ4n) is 3.37. The second-order valence-corrected chi connectivity index (χ2v) is 7.11. The number of hydrogen-bond acceptors (Lipinski definition) is 6. The van der Waals surface area contributed by atoms with Gasteiger partial charge in [0, 0.05) is 36.5 Å². The molecule has 2 aromatic rings. The summed E-state index contributed by atoms with van der Waals surface area (Å²) in [5.41, 5.74) is 1.72. The van der Waals surface area contributed by atoms with Gasteiger partial charge in [0.15, 0.2) is 5.82 Å². The molecule has 0 bridgehead atoms. The Morgan fingerprint density at radius 2 is 2.17 bits per heavy atom. The highest BCUT2D eigenvalue weighted by Crippen LogP contribution is 2.35. The molecular formula is C20H27N5O4. The van der Waals surface area contributed by atoms with Crippen LogP contribution in [-0.2, 0) is 16.0 Å². The fraction of sp³-hybridized carbons (Fsp3) is 0.500. The van der Waals surface area contributed by atoms with E-state index in [-0.39, 0.29) is 30.4 Å². The van der Waals surface area contributed by atoms with Crippen molar-refractivity contribution in [2.75, 3.05) is 19.0 Å². The summed E-state index contributed by atoms with van der Waals surface area (Å²) < 4.78 is 10.5. The molecule has 0 radical (unpaired) electrons. The molecular weight excluding hydrogens is 374 g/mol. The van der Waals surface area contributed by atoms with Gasteiger partial charge in [-0.1, -0.05) is 13.0 Å². The van der Waals surface area contributed by atoms with Crippen LogP contribution >= 0.6 is 0 Å². The maximum atomic E-state index is 12.2. The highest BCUT2D eigenvalue weighted by atomic mass is 16.6. The summed E-state index contributed by atoms with van der Waals surface area (Å²) in [5, 5.41) is 12.7. The summed E-state index contributed by atoms with van der Waals surface area (Å²) in [7, 11) is 1.55. The zero-order valence-electron chi connectivity index (χ0n) is 16.7. The molecule has 1 fully saturated rings. The van der Waals surface area contributed by atoms with E-state index in [9.17, 15) is 9.59 Å². The van der Waals surface area contributed by atoms with Gasteiger partial charge in [0.25, 0.3) is 0 Å². The largest absolute Gasteiger partial charge is 0.481 e. The molecule has 2 amide bonds. The maximum absolute atomic E-state index is 12.2. The zero-order valence-corrected chi connectivity index (χ0v) is 16.7. The van der Waals surface area contributed by atoms with E-state index >= 15 is 0 Å². The second kappa shape index (κ2) is 9.90. The molecule has 29 heavy (non-hydrogen) atoms. The van der Waals surface area contributed by atoms with Crippen molar-refractivity contribution in [2.45, 2.75) is 51.0 Å². The number of carbonyl (C=O) groups is 2. The first-order valence-electron chi connectivity index (χ1n) is 9.86. The molecule has 9 heteroatoms. The number of pyridine rings is 1. The summed E-state index contributed by atoms with van der Waals surface area (Å²) in [6.07, 6.45) is 4.69. The lowest BCUT2D eigenvalue weighted by Gasteiger charge is -2.12. The van der Waals surface area contributed by atoms with Gasteiger partial charge >= 0.3 is 6.09 Å². The Kier molecular flexibility index (Phi) is 7.04. The molecule has 0 aliphatic heterocycles. The smallest absolute Gasteiger partial charge is 0.407 e. The summed E-state index contributed by atoms with van der Waals surface area (Å²) in [5.74, 6) is 1.04. The Hall–Kier alpha value is -3.10. The Balaban J connectivity index is 1.47. The third kappa shape index (κ3) is 5.94. The van der Waals surface area contributed by atoms with Crippen molar-refractivity contribution < 1.29 is 19.1 Å². The van der Waals surface area contributed by atoms with E-state index in [1.165, 1.54) is 0 Å². The number of methoxy groups -OCH3 is 1. The van der Waals surface area contributed by atoms with E-state index in [0.717, 1.165) is 36.9 Å². The molecule has 0 saturated heterocycles. The molecule has 2 aromatic heterocycles. The van der Waals surface area contributed by atoms with Crippen molar-refractivity contribution in [3.8, 4) is 5.88 Å². The standard InChI is InChI=1S/C20H27N5O4/c1-3-8-21-20(27)29-15-6-5-14(10-15)16-11-17(25-24-16)23-18(26)9-13-4-7-19(28-2)22-12-13/h4,7,11-12,14-15H,3,5-6,8-10H2,1-2H3,(H,21,27)(H2,23,24,25,26)/t14-,15+/m0/s1. The third-order valence-corrected chi connectivity index (χ3v) is 4.85. The van der Waals surface area contributed by atoms with E-state index in [1.54, 1.807) is 25.4 Å². The van der Waals surface area contributed by atoms with Crippen molar-refractivity contribution in [3.05, 3.63) is 35.7 Å². The number of H-pyrrole nitrogens is 1. The van der Waals surface area contributed by atoms with Crippen molar-refractivity contribution in [1.82, 2.24) is 20.5 Å². The molecule has 1 aliphatic rings. The number of anilines is 1. The molecule has 9 nitrogen and oxygen atoms in total. The van der Waals surface area contributed by atoms with Gasteiger partial charge in [-0.25, -0.2) is 9.78 Å². The van der Waals surface area contributed by atoms with Crippen LogP contribution in [0.5, 0.6) is 5.88 Å². The van der Waals surface area contributed by atoms with Crippen molar-refractivity contribution in [3.63, 3.8) is 0 Å². The van der Waals surface area contributed by atoms with Crippen LogP contribution in [0.4, 0.5) is 10.6 Å². The van der Waals surface area contributed by atoms with Crippen molar-refractivity contribution >= 4 is 17.8 Å². The average Bonchev–Trinajstić information content (AvgIpc) is 3.36. The average molecular weight is 401 g/mol. The van der Waals surface area contributed by atoms with Gasteiger partial charge in [-0.05, 0) is 31.2 Å². The first-order valence-corrected chi connectivity index (χ1v) is 9.86. The van der Waals surface area contributed by atoms with Gasteiger partial charge in [0.1, 0.15) is 6.10 Å². The monoisotopic (exact) mass is 401 g/mol. The number of nitrogens with one attached hydrogen (secondary N) is 3. The SMILES string of the molecule is CCCNC(=O)O[C@@H]1CC[C@H](c2cc(NC(=O)Cc3ccc(OC)nc3)n[nH]2)C1. The zero-order chi connectivity index (χ0) is 20.6. The number of amides is 2. The number of ether oxygens (including phenoxy) is 2. The van der Waals surface area contributed by atoms with Crippen molar-refractivity contribution in [1.29, 1.82) is 0 Å². The van der Waals surface area contributed by atoms with E-state index in [2.05, 4.69) is 25.8 Å². The molecule has 0 unspecified atom stereocenters. The number of carbonyl (C=O) groups excluding carboxylic acids is 2. The minimum atomic E-state index is -0.358. The molecule has 1 saturated carbocycles. The van der Waals surface area contributed by atoms with E-state index in [0.29, 0.717) is 18.2 Å². The predicted molar refractivity (Wildman–Crippen MR) is 107 cm³/mol. The van der Waals surface area contributed by atoms with Crippen LogP contribution < -0.4 is 15.4 Å². The number of hydrogen-bond donors (Lipinski definition) is 3. The van der Waals surface area contributed by atoms with E-state index in [4.69, 9.17) is 9.47 Å². The minimum Gasteiger partial charge on any atom is -0.481 e. The summed E-state index contributed by atoms with van der Waals surface area (Å²) in [6.45, 7) is 2.61. The van der Waals surface area contributed by atoms with Gasteiger partial charge in [-0.3, -0.25) is 9.89 Å². The minimum absolute atomic E-state index is 0.0965. The summed E-state index contributed by atoms with van der Waals surface area (Å²) >= 11 is 0. The van der Waals surface area contributed by atoms with Gasteiger partial charge in [-0.15, -0.1) is 0 Å². The Morgan fingerprint density at radius 3 is 2.90 bits per heavy atom. The van der Waals surface area contributed by atoms with Gasteiger partial charge in [0.2, 0.25) is 11.8 Å². The van der Waals surface area contributed by atoms with E-state index < -0.39 is 0 Å². The second-order valence-electron chi connectivity index (χ2n) is 7.11. The van der Waals surface area contributed by atoms with Crippen molar-refractivity contribution in [2.24, 2.45) is 0 Å². The highest BCUT2D eigenvalue weighted by molar-refractivity contribution is 5.91. The lowest BCUT2D eigenvalue weighted by molar-refractivity contribution is -0.115. The third-order valence-electron chi connectivity index (χ3n) is 4.85. The maximum Gasteiger partial charge on any atom is 0.407 e. The van der Waals surface area contributed by atoms with Gasteiger partial charge < -0.3 is 20.1 Å². The highest BCUT2D eigenvalue weighted by Gasteiger charge is 2.30. The molecule has 156 valence electrons. The molecule has 0 spiro atoms. The number of aromatic nitrogens is 3. The quantitative estimate of drug-likeness (QED) is 0.626. The predicted octanol–water partition coefficient (Wildman–Crippen LogP) is 2.77. The molecule has 2 heterocycles. The number of alkyl carbamates (subject to hydrolysis) is 1. The first-order chi connectivity index (χ1) is 14.1. The van der Waals surface area contributed by atoms with Crippen LogP contribution in [0.3, 0.4) is 0 Å². The van der Waals surface area contributed by atoms with Gasteiger partial charge in [0.05, 0.1) is 13.5 Å². The topological polar surface area (TPSA) is 118 Å². The number of aromatic amines is 1. The fourth-order valence-corrected chi connectivity index (χ4v) is 3.37. The molecule has 2 atom stereocenters. The lowest BCUT2D eigenvalue weighted by Crippen LogP contribution is -2.28. The van der Waals surface area contributed by atoms with Crippen LogP contribution in [0.15, 0.2) is 24.4 Å². The van der Waals surface area contributed by atoms with Crippen LogP contribution in [0, 0.1) is 0 Å². The number of rotatable bonds is 8. The normalized spacial score (nSPS) is 18.3. The summed E-state index contributed by atoms with van der Waals surface area (Å²) in [4.78, 5) is 28.0. The van der Waals surface area contributed by atoms with Crippen LogP contribution in [0.25, 0.3) is 0 Å². The lowest BCUT2D eigenvalue weighted by atomic mass is 10.0. The Morgan fingerprint density at radius 1 is 1.31 bits per heavy atom. The Bertz CT molecular complexity index is 821. The molecule has 0 aromatic carbocycles. The molecule has 3 N–H and O–H groups in total. The van der Waals surface area contributed by atoms with E-state index in [1.807, 2.05) is 13.0 Å².